The van der Waals surface area contributed by atoms with Crippen LogP contribution in [0, 0.1) is 10.1 Å². The molecular weight excluding hydrogens is 291 g/mol. The van der Waals surface area contributed by atoms with Crippen LogP contribution in [0.4, 0.5) is 24.9 Å². The molecular formula is C12H12F3N3O3. The van der Waals surface area contributed by atoms with Gasteiger partial charge in [0.1, 0.15) is 5.52 Å². The number of nitro groups is 1. The van der Waals surface area contributed by atoms with Crippen LogP contribution in [-0.2, 0) is 0 Å². The topological polar surface area (TPSA) is 81.2 Å². The molecule has 114 valence electrons. The summed E-state index contributed by atoms with van der Waals surface area (Å²) in [5, 5.41) is 13.4. The molecule has 0 aliphatic rings. The molecule has 2 rings (SSSR count). The van der Waals surface area contributed by atoms with Crippen molar-refractivity contribution >= 4 is 22.8 Å². The van der Waals surface area contributed by atoms with E-state index in [-0.39, 0.29) is 24.7 Å². The number of unbranched alkanes of at least 4 members (excludes halogenated alkanes) is 1. The number of rotatable bonds is 6. The fraction of sp³-hybridized carbons (Fsp3) is 0.417. The third-order valence-corrected chi connectivity index (χ3v) is 2.75. The molecule has 0 radical (unpaired) electrons. The van der Waals surface area contributed by atoms with Gasteiger partial charge in [0.15, 0.2) is 5.58 Å². The predicted molar refractivity (Wildman–Crippen MR) is 69.1 cm³/mol. The molecule has 0 saturated heterocycles. The van der Waals surface area contributed by atoms with E-state index >= 15 is 0 Å². The fourth-order valence-corrected chi connectivity index (χ4v) is 1.75. The highest BCUT2D eigenvalue weighted by Gasteiger charge is 2.25. The van der Waals surface area contributed by atoms with Gasteiger partial charge >= 0.3 is 6.18 Å². The number of alkyl halides is 3. The zero-order valence-corrected chi connectivity index (χ0v) is 10.8. The van der Waals surface area contributed by atoms with E-state index in [4.69, 9.17) is 4.42 Å². The Bertz CT molecular complexity index is 639. The van der Waals surface area contributed by atoms with E-state index in [1.807, 2.05) is 0 Å². The largest absolute Gasteiger partial charge is 0.424 e. The van der Waals surface area contributed by atoms with Gasteiger partial charge in [0.25, 0.3) is 11.7 Å². The van der Waals surface area contributed by atoms with Crippen molar-refractivity contribution in [2.24, 2.45) is 0 Å². The second-order valence-electron chi connectivity index (χ2n) is 4.43. The lowest BCUT2D eigenvalue weighted by molar-refractivity contribution is -0.384. The Morgan fingerprint density at radius 2 is 2.10 bits per heavy atom. The van der Waals surface area contributed by atoms with Gasteiger partial charge in [-0.3, -0.25) is 10.1 Å². The summed E-state index contributed by atoms with van der Waals surface area (Å²) >= 11 is 0. The standard InChI is InChI=1S/C12H12F3N3O3/c13-12(14,15)5-1-2-6-16-11-17-9-7-8(18(19)20)3-4-10(9)21-11/h3-4,7H,1-2,5-6H2,(H,16,17). The minimum absolute atomic E-state index is 0.0161. The molecule has 6 nitrogen and oxygen atoms in total. The van der Waals surface area contributed by atoms with Gasteiger partial charge in [-0.1, -0.05) is 0 Å². The first-order valence-corrected chi connectivity index (χ1v) is 6.21. The zero-order chi connectivity index (χ0) is 15.5. The fourth-order valence-electron chi connectivity index (χ4n) is 1.75. The van der Waals surface area contributed by atoms with Crippen LogP contribution in [0.25, 0.3) is 11.1 Å². The Hall–Kier alpha value is -2.32. The summed E-state index contributed by atoms with van der Waals surface area (Å²) in [6.45, 7) is 0.283. The highest BCUT2D eigenvalue weighted by Crippen LogP contribution is 2.24. The molecule has 0 saturated carbocycles. The Morgan fingerprint density at radius 3 is 2.76 bits per heavy atom. The van der Waals surface area contributed by atoms with Crippen molar-refractivity contribution in [2.75, 3.05) is 11.9 Å². The monoisotopic (exact) mass is 303 g/mol. The molecule has 0 spiro atoms. The number of nitrogens with zero attached hydrogens (tertiary/aromatic N) is 2. The van der Waals surface area contributed by atoms with E-state index < -0.39 is 17.5 Å². The van der Waals surface area contributed by atoms with Gasteiger partial charge < -0.3 is 9.73 Å². The van der Waals surface area contributed by atoms with E-state index in [1.165, 1.54) is 18.2 Å². The molecule has 1 heterocycles. The minimum atomic E-state index is -4.14. The highest BCUT2D eigenvalue weighted by atomic mass is 19.4. The maximum atomic E-state index is 11.9. The van der Waals surface area contributed by atoms with Crippen molar-refractivity contribution in [1.82, 2.24) is 4.98 Å². The number of benzene rings is 1. The number of non-ortho nitro benzene ring substituents is 1. The number of hydrogen-bond donors (Lipinski definition) is 1. The van der Waals surface area contributed by atoms with Crippen LogP contribution in [0.2, 0.25) is 0 Å². The van der Waals surface area contributed by atoms with E-state index in [1.54, 1.807) is 0 Å². The zero-order valence-electron chi connectivity index (χ0n) is 10.8. The molecule has 1 aromatic heterocycles. The van der Waals surface area contributed by atoms with Crippen LogP contribution in [0.1, 0.15) is 19.3 Å². The van der Waals surface area contributed by atoms with Crippen molar-refractivity contribution in [3.8, 4) is 0 Å². The average molecular weight is 303 g/mol. The summed E-state index contributed by atoms with van der Waals surface area (Å²) in [5.74, 6) is 0. The average Bonchev–Trinajstić information content (AvgIpc) is 2.78. The van der Waals surface area contributed by atoms with Crippen LogP contribution >= 0.6 is 0 Å². The number of oxazole rings is 1. The molecule has 0 bridgehead atoms. The summed E-state index contributed by atoms with van der Waals surface area (Å²) < 4.78 is 41.1. The summed E-state index contributed by atoms with van der Waals surface area (Å²) in [6, 6.07) is 4.13. The Morgan fingerprint density at radius 1 is 1.33 bits per heavy atom. The number of halogens is 3. The van der Waals surface area contributed by atoms with Crippen LogP contribution < -0.4 is 5.32 Å². The quantitative estimate of drug-likeness (QED) is 0.497. The van der Waals surface area contributed by atoms with Crippen molar-refractivity contribution in [1.29, 1.82) is 0 Å². The summed E-state index contributed by atoms with van der Waals surface area (Å²) in [7, 11) is 0. The SMILES string of the molecule is O=[N+]([O-])c1ccc2oc(NCCCCC(F)(F)F)nc2c1. The molecule has 0 amide bonds. The number of nitro benzene ring substituents is 1. The molecule has 2 aromatic rings. The van der Waals surface area contributed by atoms with Gasteiger partial charge in [-0.2, -0.15) is 18.2 Å². The lowest BCUT2D eigenvalue weighted by atomic mass is 10.2. The van der Waals surface area contributed by atoms with Gasteiger partial charge in [0.05, 0.1) is 4.92 Å². The molecule has 0 fully saturated rings. The number of aromatic nitrogens is 1. The Kier molecular flexibility index (Phi) is 4.29. The van der Waals surface area contributed by atoms with Crippen molar-refractivity contribution < 1.29 is 22.5 Å². The van der Waals surface area contributed by atoms with Crippen molar-refractivity contribution in [3.63, 3.8) is 0 Å². The molecule has 9 heteroatoms. The maximum Gasteiger partial charge on any atom is 0.389 e. The smallest absolute Gasteiger partial charge is 0.389 e. The number of hydrogen-bond acceptors (Lipinski definition) is 5. The van der Waals surface area contributed by atoms with E-state index in [0.717, 1.165) is 0 Å². The Labute approximate surface area is 117 Å². The first-order chi connectivity index (χ1) is 9.85. The molecule has 21 heavy (non-hydrogen) atoms. The lowest BCUT2D eigenvalue weighted by Crippen LogP contribution is -2.08. The van der Waals surface area contributed by atoms with Crippen LogP contribution in [0.5, 0.6) is 0 Å². The van der Waals surface area contributed by atoms with Crippen molar-refractivity contribution in [2.45, 2.75) is 25.4 Å². The number of nitrogens with one attached hydrogen (secondary N) is 1. The van der Waals surface area contributed by atoms with E-state index in [9.17, 15) is 23.3 Å². The highest BCUT2D eigenvalue weighted by molar-refractivity contribution is 5.77. The van der Waals surface area contributed by atoms with Crippen LogP contribution in [0.15, 0.2) is 22.6 Å². The maximum absolute atomic E-state index is 11.9. The third-order valence-electron chi connectivity index (χ3n) is 2.75. The lowest BCUT2D eigenvalue weighted by Gasteiger charge is -2.05. The van der Waals surface area contributed by atoms with Gasteiger partial charge in [0, 0.05) is 25.1 Å². The van der Waals surface area contributed by atoms with Gasteiger partial charge in [-0.05, 0) is 18.9 Å². The summed E-state index contributed by atoms with van der Waals surface area (Å²) in [5.41, 5.74) is 0.591. The van der Waals surface area contributed by atoms with Crippen LogP contribution in [-0.4, -0.2) is 22.6 Å². The first kappa shape index (κ1) is 15.1. The van der Waals surface area contributed by atoms with Crippen molar-refractivity contribution in [3.05, 3.63) is 28.3 Å². The molecule has 0 aliphatic carbocycles. The molecule has 1 N–H and O–H groups in total. The number of fused-ring (bicyclic) bond motifs is 1. The molecule has 0 atom stereocenters. The van der Waals surface area contributed by atoms with E-state index in [0.29, 0.717) is 17.5 Å². The van der Waals surface area contributed by atoms with Gasteiger partial charge in [0.2, 0.25) is 0 Å². The number of anilines is 1. The second-order valence-corrected chi connectivity index (χ2v) is 4.43. The molecule has 1 aromatic carbocycles. The third kappa shape index (κ3) is 4.33. The minimum Gasteiger partial charge on any atom is -0.424 e. The summed E-state index contributed by atoms with van der Waals surface area (Å²) in [6.07, 6.45) is -4.63. The Balaban J connectivity index is 1.89. The molecule has 0 aliphatic heterocycles. The van der Waals surface area contributed by atoms with Crippen LogP contribution in [0.3, 0.4) is 0 Å². The van der Waals surface area contributed by atoms with Gasteiger partial charge in [-0.15, -0.1) is 0 Å². The summed E-state index contributed by atoms with van der Waals surface area (Å²) in [4.78, 5) is 14.1. The normalized spacial score (nSPS) is 11.8. The predicted octanol–water partition coefficient (Wildman–Crippen LogP) is 3.88. The second kappa shape index (κ2) is 5.98. The van der Waals surface area contributed by atoms with Gasteiger partial charge in [-0.25, -0.2) is 0 Å². The van der Waals surface area contributed by atoms with E-state index in [2.05, 4.69) is 10.3 Å². The first-order valence-electron chi connectivity index (χ1n) is 6.21. The molecule has 0 unspecified atom stereocenters.